The van der Waals surface area contributed by atoms with Crippen molar-refractivity contribution in [1.29, 1.82) is 0 Å². The van der Waals surface area contributed by atoms with Gasteiger partial charge in [-0.3, -0.25) is 38.4 Å². The van der Waals surface area contributed by atoms with Crippen LogP contribution in [0.15, 0.2) is 0 Å². The average molecular weight is 1810 g/mol. The molecule has 25 N–H and O–H groups in total. The molecule has 0 unspecified atom stereocenters. The van der Waals surface area contributed by atoms with Crippen molar-refractivity contribution >= 4 is 47.3 Å². The predicted molar refractivity (Wildman–Crippen MR) is 429 cm³/mol. The topological polar surface area (TPSA) is 710 Å². The SMILES string of the molecule is C.C.C.C.CC.CCNC(=O)CCCCC(=O)N(CC(=O)NCCO[C@@H]1O[C@@H](C)[C@@H](O)[C@@H](O)[C@@H]1O)CC(=O)NCCO[C@H]1O[C@H](CO[C@H]2O[C@H](CO)[C@@H](O)[C@H](O)[C@@H]2O)[C@@H](O)[C@H](O[C@H]2O[C@H](CO)[C@@H](O)[C@H](O)[C@@H]2O)[C@@H]1O.CCNC(=O)CCCCC(=O)N1C[C@H](C(=O)NCCO[C@@H]2O[C@@H](C)[C@@H](O)[C@@H](O)[C@@H]2O)C[C@H](C(=O)NCCO[C@@H]2O[C@@H](C)[C@@H](O)[C@@H](O)[C@@H]2O)C1. The summed E-state index contributed by atoms with van der Waals surface area (Å²) in [6.45, 7) is 8.23. The zero-order valence-electron chi connectivity index (χ0n) is 68.4. The Balaban J connectivity index is 0.00000124. The summed E-state index contributed by atoms with van der Waals surface area (Å²) < 4.78 is 65.8. The molecule has 7 aliphatic rings. The quantitative estimate of drug-likeness (QED) is 0.0253. The minimum absolute atomic E-state index is 0. The zero-order valence-corrected chi connectivity index (χ0v) is 68.4. The third-order valence-electron chi connectivity index (χ3n) is 20.7. The van der Waals surface area contributed by atoms with Crippen molar-refractivity contribution in [3.63, 3.8) is 0 Å². The monoisotopic (exact) mass is 1810 g/mol. The molecule has 32 atom stereocenters. The van der Waals surface area contributed by atoms with Gasteiger partial charge in [-0.1, -0.05) is 43.6 Å². The van der Waals surface area contributed by atoms with Crippen LogP contribution in [0.1, 0.15) is 136 Å². The average Bonchev–Trinajstić information content (AvgIpc) is 0.780. The molecule has 7 heterocycles. The van der Waals surface area contributed by atoms with Crippen molar-refractivity contribution in [2.45, 2.75) is 320 Å². The summed E-state index contributed by atoms with van der Waals surface area (Å²) in [6.07, 6.45) is -43.5. The highest BCUT2D eigenvalue weighted by Gasteiger charge is 2.53. The fraction of sp³-hybridized carbons (Fsp3) is 0.896. The Morgan fingerprint density at radius 3 is 1.06 bits per heavy atom. The molecule has 0 spiro atoms. The molecule has 124 heavy (non-hydrogen) atoms. The van der Waals surface area contributed by atoms with E-state index in [2.05, 4.69) is 31.9 Å². The summed E-state index contributed by atoms with van der Waals surface area (Å²) in [7, 11) is 0. The molecular formula is C77H146N8O39. The second-order valence-electron chi connectivity index (χ2n) is 29.7. The maximum atomic E-state index is 13.3. The molecule has 0 aromatic heterocycles. The van der Waals surface area contributed by atoms with Crippen molar-refractivity contribution in [1.82, 2.24) is 41.7 Å². The van der Waals surface area contributed by atoms with E-state index in [1.165, 1.54) is 25.7 Å². The molecule has 0 radical (unpaired) electrons. The number of hydrogen-bond acceptors (Lipinski definition) is 39. The van der Waals surface area contributed by atoms with Gasteiger partial charge in [-0.25, -0.2) is 0 Å². The molecular weight excluding hydrogens is 1660 g/mol. The van der Waals surface area contributed by atoms with Crippen LogP contribution in [0.3, 0.4) is 0 Å². The van der Waals surface area contributed by atoms with Gasteiger partial charge in [-0.2, -0.15) is 0 Å². The molecule has 8 amide bonds. The number of hydrogen-bond donors (Lipinski definition) is 25. The lowest BCUT2D eigenvalue weighted by atomic mass is 9.87. The fourth-order valence-electron chi connectivity index (χ4n) is 13.6. The lowest BCUT2D eigenvalue weighted by Gasteiger charge is -2.46. The second-order valence-corrected chi connectivity index (χ2v) is 29.7. The molecule has 0 aromatic carbocycles. The van der Waals surface area contributed by atoms with E-state index >= 15 is 0 Å². The van der Waals surface area contributed by atoms with Gasteiger partial charge in [0.15, 0.2) is 37.7 Å². The summed E-state index contributed by atoms with van der Waals surface area (Å²) >= 11 is 0. The highest BCUT2D eigenvalue weighted by molar-refractivity contribution is 5.89. The van der Waals surface area contributed by atoms with Crippen LogP contribution < -0.4 is 31.9 Å². The number of carbonyl (C=O) groups is 8. The molecule has 7 rings (SSSR count). The van der Waals surface area contributed by atoms with Crippen molar-refractivity contribution in [3.05, 3.63) is 0 Å². The number of unbranched alkanes of at least 4 members (excludes halogenated alkanes) is 2. The summed E-state index contributed by atoms with van der Waals surface area (Å²) in [5.74, 6) is -5.01. The summed E-state index contributed by atoms with van der Waals surface area (Å²) in [5.41, 5.74) is 0. The molecule has 728 valence electrons. The van der Waals surface area contributed by atoms with E-state index in [1.807, 2.05) is 20.8 Å². The number of ether oxygens (including phenoxy) is 12. The highest BCUT2D eigenvalue weighted by Crippen LogP contribution is 2.33. The number of rotatable bonds is 41. The van der Waals surface area contributed by atoms with Gasteiger partial charge in [0.25, 0.3) is 0 Å². The predicted octanol–water partition coefficient (Wildman–Crippen LogP) is -10.3. The molecule has 47 heteroatoms. The largest absolute Gasteiger partial charge is 0.394 e. The minimum Gasteiger partial charge on any atom is -0.394 e. The summed E-state index contributed by atoms with van der Waals surface area (Å²) in [6, 6.07) is 0. The molecule has 0 aromatic rings. The van der Waals surface area contributed by atoms with Crippen LogP contribution in [0.25, 0.3) is 0 Å². The third-order valence-corrected chi connectivity index (χ3v) is 20.7. The van der Waals surface area contributed by atoms with Gasteiger partial charge in [-0.15, -0.1) is 0 Å². The number of nitrogens with one attached hydrogen (secondary N) is 6. The van der Waals surface area contributed by atoms with E-state index < -0.39 is 265 Å². The second kappa shape index (κ2) is 58.9. The molecule has 7 aliphatic heterocycles. The molecule has 0 aliphatic carbocycles. The fourth-order valence-corrected chi connectivity index (χ4v) is 13.6. The molecule has 7 fully saturated rings. The Labute approximate surface area is 722 Å². The first-order chi connectivity index (χ1) is 57.0. The van der Waals surface area contributed by atoms with Crippen molar-refractivity contribution in [2.24, 2.45) is 11.8 Å². The normalized spacial score (nSPS) is 35.2. The minimum atomic E-state index is -1.98. The Kier molecular flexibility index (Phi) is 55.4. The van der Waals surface area contributed by atoms with Crippen LogP contribution in [-0.4, -0.2) is 450 Å². The summed E-state index contributed by atoms with van der Waals surface area (Å²) in [4.78, 5) is 105. The van der Waals surface area contributed by atoms with Crippen LogP contribution in [0.5, 0.6) is 0 Å². The number of aliphatic hydroxyl groups excluding tert-OH is 19. The van der Waals surface area contributed by atoms with Gasteiger partial charge < -0.3 is 196 Å². The third kappa shape index (κ3) is 34.8. The Bertz CT molecular complexity index is 3000. The zero-order chi connectivity index (χ0) is 89.4. The Hall–Kier alpha value is -5.48. The van der Waals surface area contributed by atoms with E-state index in [0.717, 1.165) is 4.90 Å². The van der Waals surface area contributed by atoms with Gasteiger partial charge in [0.05, 0.1) is 76.4 Å². The molecule has 0 bridgehead atoms. The highest BCUT2D eigenvalue weighted by atomic mass is 16.8. The first kappa shape index (κ1) is 117. The molecule has 47 nitrogen and oxygen atoms in total. The maximum absolute atomic E-state index is 13.3. The molecule has 0 saturated carbocycles. The van der Waals surface area contributed by atoms with Gasteiger partial charge in [0.2, 0.25) is 47.3 Å². The number of amides is 8. The van der Waals surface area contributed by atoms with Crippen LogP contribution in [0.4, 0.5) is 0 Å². The van der Waals surface area contributed by atoms with Gasteiger partial charge in [-0.05, 0) is 66.7 Å². The van der Waals surface area contributed by atoms with E-state index in [4.69, 9.17) is 56.8 Å². The molecule has 7 saturated heterocycles. The van der Waals surface area contributed by atoms with E-state index in [-0.39, 0.29) is 145 Å². The summed E-state index contributed by atoms with van der Waals surface area (Å²) in [5, 5.41) is 209. The van der Waals surface area contributed by atoms with Crippen molar-refractivity contribution in [3.8, 4) is 0 Å². The first-order valence-corrected chi connectivity index (χ1v) is 40.6. The van der Waals surface area contributed by atoms with E-state index in [1.54, 1.807) is 6.92 Å². The van der Waals surface area contributed by atoms with Gasteiger partial charge in [0, 0.05) is 78.0 Å². The number of aliphatic hydroxyl groups is 19. The lowest BCUT2D eigenvalue weighted by Crippen LogP contribution is -2.65. The van der Waals surface area contributed by atoms with E-state index in [9.17, 15) is 135 Å². The van der Waals surface area contributed by atoms with Gasteiger partial charge in [0.1, 0.15) is 141 Å². The van der Waals surface area contributed by atoms with E-state index in [0.29, 0.717) is 32.4 Å². The Morgan fingerprint density at radius 1 is 0.363 bits per heavy atom. The lowest BCUT2D eigenvalue weighted by molar-refractivity contribution is -0.366. The van der Waals surface area contributed by atoms with Crippen LogP contribution >= 0.6 is 0 Å². The number of nitrogens with zero attached hydrogens (tertiary/aromatic N) is 2. The standard InChI is InChI=1S/C40H70N4O25.C31H54N4O14.C2H6.4CH4/c1-3-41-21(47)6-4-5-7-24(50)44(12-22(48)42-8-10-62-37-32(58)29(55)25(51)17(2)65-37)13-23(49)43-9-11-63-39-35(61)36(69-40-34(60)31(57)27(53)19(15-46)67-40)28(54)20(68-39)16-64-38-33(59)30(56)26(52)18(14-45)66-38;1-4-32-20(36)7-5-6-8-21(37)35-14-18(28(44)33-9-11-46-30-26(42)24(40)22(38)16(2)48-30)13-19(15-35)29(45)34-10-12-47-31-27(43)25(41)23(39)17(3)49-31;1-2;;;;/h17-20,25-40,45-46,51-61H,3-16H2,1-2H3,(H,41,47)(H,42,48)(H,43,49);16-19,22-27,30-31,38-43H,4-15H2,1-3H3,(H,32,36)(H,33,44)(H,34,45);1-2H3;4*1H4/t17-,18+,19+,20+,25+,26+,27+,28+,29+,30-,31-,32-,33-,34-,35-,36-,37+,38-,39-,40+;16-,17-,18-,19+,22+,23+,24+,25+,26-,27-,30+,31+;;;;;/m00...../s1. The Morgan fingerprint density at radius 2 is 0.685 bits per heavy atom. The number of likely N-dealkylation sites (tertiary alicyclic amines) is 1. The van der Waals surface area contributed by atoms with Crippen LogP contribution in [0.2, 0.25) is 0 Å². The van der Waals surface area contributed by atoms with Crippen LogP contribution in [-0.2, 0) is 95.2 Å². The van der Waals surface area contributed by atoms with Crippen LogP contribution in [0, 0.1) is 11.8 Å². The first-order valence-electron chi connectivity index (χ1n) is 40.6. The number of carbonyl (C=O) groups excluding carboxylic acids is 8. The smallest absolute Gasteiger partial charge is 0.239 e. The number of piperidine rings is 1. The maximum Gasteiger partial charge on any atom is 0.239 e. The van der Waals surface area contributed by atoms with Crippen molar-refractivity contribution < 1.29 is 192 Å². The van der Waals surface area contributed by atoms with Gasteiger partial charge >= 0.3 is 0 Å². The van der Waals surface area contributed by atoms with Crippen molar-refractivity contribution in [2.75, 3.05) is 112 Å².